The molecule has 1 amide bonds. The molecule has 0 saturated heterocycles. The highest BCUT2D eigenvalue weighted by molar-refractivity contribution is 6.14. The van der Waals surface area contributed by atoms with E-state index in [4.69, 9.17) is 10.9 Å². The standard InChI is InChI=1S/C16H21N3O2/c1-11-9-12-5-2-3-6-13(12)19(10-11)15(20)16(7-4-8-16)14(17)18-21/h2-3,5-6,11,21H,4,7-10H2,1H3,(H2,17,18). The summed E-state index contributed by atoms with van der Waals surface area (Å²) in [6.07, 6.45) is 3.24. The van der Waals surface area contributed by atoms with E-state index in [1.807, 2.05) is 23.1 Å². The first-order valence-electron chi connectivity index (χ1n) is 7.46. The van der Waals surface area contributed by atoms with E-state index >= 15 is 0 Å². The van der Waals surface area contributed by atoms with Gasteiger partial charge < -0.3 is 15.8 Å². The summed E-state index contributed by atoms with van der Waals surface area (Å²) in [6, 6.07) is 8.01. The monoisotopic (exact) mass is 287 g/mol. The number of amides is 1. The Balaban J connectivity index is 1.99. The van der Waals surface area contributed by atoms with E-state index < -0.39 is 5.41 Å². The topological polar surface area (TPSA) is 78.9 Å². The first kappa shape index (κ1) is 13.9. The third-order valence-electron chi connectivity index (χ3n) is 4.80. The molecule has 1 saturated carbocycles. The molecule has 1 aromatic carbocycles. The molecule has 5 heteroatoms. The Morgan fingerprint density at radius 2 is 2.14 bits per heavy atom. The molecule has 1 aliphatic heterocycles. The lowest BCUT2D eigenvalue weighted by Crippen LogP contribution is -2.57. The number of fused-ring (bicyclic) bond motifs is 1. The van der Waals surface area contributed by atoms with Crippen LogP contribution >= 0.6 is 0 Å². The second-order valence-electron chi connectivity index (χ2n) is 6.27. The van der Waals surface area contributed by atoms with E-state index in [9.17, 15) is 4.79 Å². The first-order chi connectivity index (χ1) is 10.1. The van der Waals surface area contributed by atoms with Crippen LogP contribution in [0.2, 0.25) is 0 Å². The molecular formula is C16H21N3O2. The summed E-state index contributed by atoms with van der Waals surface area (Å²) in [6.45, 7) is 2.84. The number of carbonyl (C=O) groups excluding carboxylic acids is 1. The van der Waals surface area contributed by atoms with Crippen molar-refractivity contribution in [3.8, 4) is 0 Å². The molecule has 3 rings (SSSR count). The third kappa shape index (κ3) is 2.07. The second kappa shape index (κ2) is 5.06. The summed E-state index contributed by atoms with van der Waals surface area (Å²) in [5, 5.41) is 12.1. The molecule has 5 nitrogen and oxygen atoms in total. The minimum Gasteiger partial charge on any atom is -0.409 e. The van der Waals surface area contributed by atoms with Gasteiger partial charge in [-0.3, -0.25) is 4.79 Å². The Labute approximate surface area is 124 Å². The van der Waals surface area contributed by atoms with Crippen molar-refractivity contribution in [2.75, 3.05) is 11.4 Å². The van der Waals surface area contributed by atoms with Crippen LogP contribution in [0.3, 0.4) is 0 Å². The van der Waals surface area contributed by atoms with Crippen molar-refractivity contribution < 1.29 is 10.0 Å². The van der Waals surface area contributed by atoms with Crippen molar-refractivity contribution in [2.24, 2.45) is 22.2 Å². The highest BCUT2D eigenvalue weighted by Gasteiger charge is 2.51. The predicted octanol–water partition coefficient (Wildman–Crippen LogP) is 2.13. The van der Waals surface area contributed by atoms with Gasteiger partial charge in [-0.1, -0.05) is 36.7 Å². The zero-order valence-electron chi connectivity index (χ0n) is 12.2. The van der Waals surface area contributed by atoms with Crippen LogP contribution < -0.4 is 10.6 Å². The van der Waals surface area contributed by atoms with Crippen LogP contribution in [0.25, 0.3) is 0 Å². The van der Waals surface area contributed by atoms with Gasteiger partial charge in [0.05, 0.1) is 0 Å². The smallest absolute Gasteiger partial charge is 0.240 e. The number of amidine groups is 1. The molecule has 1 atom stereocenters. The maximum Gasteiger partial charge on any atom is 0.240 e. The van der Waals surface area contributed by atoms with Crippen LogP contribution in [0.4, 0.5) is 5.69 Å². The summed E-state index contributed by atoms with van der Waals surface area (Å²) in [5.41, 5.74) is 7.18. The number of nitrogens with zero attached hydrogens (tertiary/aromatic N) is 2. The number of nitrogens with two attached hydrogens (primary N) is 1. The molecule has 1 unspecified atom stereocenters. The van der Waals surface area contributed by atoms with E-state index in [-0.39, 0.29) is 11.7 Å². The largest absolute Gasteiger partial charge is 0.409 e. The average molecular weight is 287 g/mol. The van der Waals surface area contributed by atoms with Crippen molar-refractivity contribution >= 4 is 17.4 Å². The zero-order chi connectivity index (χ0) is 15.0. The lowest BCUT2D eigenvalue weighted by atomic mass is 9.66. The lowest BCUT2D eigenvalue weighted by Gasteiger charge is -2.44. The molecule has 1 heterocycles. The Hall–Kier alpha value is -2.04. The Morgan fingerprint density at radius 3 is 2.76 bits per heavy atom. The van der Waals surface area contributed by atoms with Gasteiger partial charge in [0.15, 0.2) is 5.84 Å². The molecule has 0 radical (unpaired) electrons. The molecule has 1 aromatic rings. The fourth-order valence-corrected chi connectivity index (χ4v) is 3.45. The predicted molar refractivity (Wildman–Crippen MR) is 81.4 cm³/mol. The van der Waals surface area contributed by atoms with Crippen molar-refractivity contribution in [2.45, 2.75) is 32.6 Å². The molecule has 112 valence electrons. The van der Waals surface area contributed by atoms with Gasteiger partial charge in [0.1, 0.15) is 5.41 Å². The Kier molecular flexibility index (Phi) is 3.35. The number of para-hydroxylation sites is 1. The van der Waals surface area contributed by atoms with Crippen LogP contribution in [-0.4, -0.2) is 23.5 Å². The maximum absolute atomic E-state index is 13.1. The van der Waals surface area contributed by atoms with Gasteiger partial charge in [0.2, 0.25) is 5.91 Å². The fourth-order valence-electron chi connectivity index (χ4n) is 3.45. The zero-order valence-corrected chi connectivity index (χ0v) is 12.2. The highest BCUT2D eigenvalue weighted by Crippen LogP contribution is 2.44. The first-order valence-corrected chi connectivity index (χ1v) is 7.46. The normalized spacial score (nSPS) is 24.1. The maximum atomic E-state index is 13.1. The number of carbonyl (C=O) groups is 1. The van der Waals surface area contributed by atoms with E-state index in [1.54, 1.807) is 0 Å². The van der Waals surface area contributed by atoms with Crippen LogP contribution in [0.1, 0.15) is 31.7 Å². The van der Waals surface area contributed by atoms with Crippen LogP contribution in [0.5, 0.6) is 0 Å². The molecule has 3 N–H and O–H groups in total. The van der Waals surface area contributed by atoms with Crippen molar-refractivity contribution in [1.29, 1.82) is 0 Å². The summed E-state index contributed by atoms with van der Waals surface area (Å²) in [7, 11) is 0. The summed E-state index contributed by atoms with van der Waals surface area (Å²) in [4.78, 5) is 14.9. The number of benzene rings is 1. The SMILES string of the molecule is CC1Cc2ccccc2N(C(=O)C2(/C(N)=N/O)CCC2)C1. The van der Waals surface area contributed by atoms with Crippen LogP contribution in [0, 0.1) is 11.3 Å². The quantitative estimate of drug-likeness (QED) is 0.378. The Bertz CT molecular complexity index is 593. The number of hydrogen-bond acceptors (Lipinski definition) is 3. The van der Waals surface area contributed by atoms with E-state index in [1.165, 1.54) is 5.56 Å². The molecule has 0 bridgehead atoms. The molecule has 1 aliphatic carbocycles. The molecule has 2 aliphatic rings. The lowest BCUT2D eigenvalue weighted by molar-refractivity contribution is -0.128. The van der Waals surface area contributed by atoms with Crippen LogP contribution in [0.15, 0.2) is 29.4 Å². The molecule has 21 heavy (non-hydrogen) atoms. The number of anilines is 1. The van der Waals surface area contributed by atoms with Gasteiger partial charge in [0, 0.05) is 12.2 Å². The van der Waals surface area contributed by atoms with Crippen molar-refractivity contribution in [1.82, 2.24) is 0 Å². The number of rotatable bonds is 2. The summed E-state index contributed by atoms with van der Waals surface area (Å²) < 4.78 is 0. The van der Waals surface area contributed by atoms with Gasteiger partial charge in [0.25, 0.3) is 0 Å². The van der Waals surface area contributed by atoms with Gasteiger partial charge in [-0.15, -0.1) is 0 Å². The number of hydrogen-bond donors (Lipinski definition) is 2. The van der Waals surface area contributed by atoms with Gasteiger partial charge >= 0.3 is 0 Å². The summed E-state index contributed by atoms with van der Waals surface area (Å²) >= 11 is 0. The van der Waals surface area contributed by atoms with E-state index in [2.05, 4.69) is 18.1 Å². The summed E-state index contributed by atoms with van der Waals surface area (Å²) in [5.74, 6) is 0.436. The van der Waals surface area contributed by atoms with E-state index in [0.29, 0.717) is 25.3 Å². The van der Waals surface area contributed by atoms with Crippen molar-refractivity contribution in [3.63, 3.8) is 0 Å². The van der Waals surface area contributed by atoms with Gasteiger partial charge in [-0.2, -0.15) is 0 Å². The number of oxime groups is 1. The molecule has 0 aromatic heterocycles. The average Bonchev–Trinajstić information content (AvgIpc) is 2.44. The fraction of sp³-hybridized carbons (Fsp3) is 0.500. The Morgan fingerprint density at radius 1 is 1.43 bits per heavy atom. The van der Waals surface area contributed by atoms with Crippen LogP contribution in [-0.2, 0) is 11.2 Å². The van der Waals surface area contributed by atoms with Gasteiger partial charge in [-0.25, -0.2) is 0 Å². The molecule has 1 fully saturated rings. The molecule has 0 spiro atoms. The van der Waals surface area contributed by atoms with Crippen molar-refractivity contribution in [3.05, 3.63) is 29.8 Å². The second-order valence-corrected chi connectivity index (χ2v) is 6.27. The minimum absolute atomic E-state index is 0.0250. The minimum atomic E-state index is -0.807. The third-order valence-corrected chi connectivity index (χ3v) is 4.80. The molecular weight excluding hydrogens is 266 g/mol. The highest BCUT2D eigenvalue weighted by atomic mass is 16.4. The van der Waals surface area contributed by atoms with E-state index in [0.717, 1.165) is 18.5 Å². The van der Waals surface area contributed by atoms with Gasteiger partial charge in [-0.05, 0) is 36.8 Å².